The molecule has 0 saturated heterocycles. The van der Waals surface area contributed by atoms with Gasteiger partial charge in [0, 0.05) is 5.92 Å². The third kappa shape index (κ3) is 1.51. The van der Waals surface area contributed by atoms with Gasteiger partial charge in [-0.25, -0.2) is 0 Å². The summed E-state index contributed by atoms with van der Waals surface area (Å²) < 4.78 is 0. The minimum Gasteiger partial charge on any atom is -0.410 e. The summed E-state index contributed by atoms with van der Waals surface area (Å²) in [6.07, 6.45) is 5.08. The van der Waals surface area contributed by atoms with Crippen molar-refractivity contribution in [3.8, 4) is 0 Å². The van der Waals surface area contributed by atoms with E-state index in [1.165, 1.54) is 25.7 Å². The Morgan fingerprint density at radius 2 is 1.73 bits per heavy atom. The van der Waals surface area contributed by atoms with Crippen molar-refractivity contribution in [3.63, 3.8) is 0 Å². The van der Waals surface area contributed by atoms with E-state index >= 15 is 0 Å². The molecule has 0 amide bonds. The van der Waals surface area contributed by atoms with Gasteiger partial charge in [-0.2, -0.15) is 0 Å². The van der Waals surface area contributed by atoms with E-state index in [4.69, 9.17) is 16.8 Å². The molecule has 0 bridgehead atoms. The molecular formula is C8H12ClNO. The molecule has 3 heteroatoms. The van der Waals surface area contributed by atoms with Crippen molar-refractivity contribution >= 4 is 16.8 Å². The molecule has 0 spiro atoms. The highest BCUT2D eigenvalue weighted by Crippen LogP contribution is 2.50. The van der Waals surface area contributed by atoms with Crippen molar-refractivity contribution < 1.29 is 5.21 Å². The Morgan fingerprint density at radius 1 is 1.27 bits per heavy atom. The maximum Gasteiger partial charge on any atom is 0.148 e. The van der Waals surface area contributed by atoms with Gasteiger partial charge in [0.05, 0.1) is 0 Å². The fraction of sp³-hybridized carbons (Fsp3) is 0.875. The maximum absolute atomic E-state index is 8.51. The molecule has 0 unspecified atom stereocenters. The third-order valence-electron chi connectivity index (χ3n) is 2.63. The molecule has 2 nitrogen and oxygen atoms in total. The zero-order valence-corrected chi connectivity index (χ0v) is 7.09. The lowest BCUT2D eigenvalue weighted by Crippen LogP contribution is -2.13. The van der Waals surface area contributed by atoms with E-state index in [0.717, 1.165) is 11.8 Å². The molecule has 0 aromatic heterocycles. The topological polar surface area (TPSA) is 32.6 Å². The number of hydrogen-bond donors (Lipinski definition) is 1. The minimum atomic E-state index is 0.390. The first-order valence-electron chi connectivity index (χ1n) is 4.20. The Bertz CT molecular complexity index is 173. The zero-order chi connectivity index (χ0) is 7.84. The summed E-state index contributed by atoms with van der Waals surface area (Å²) in [5, 5.41) is 12.0. The van der Waals surface area contributed by atoms with Crippen LogP contribution in [0.4, 0.5) is 0 Å². The Labute approximate surface area is 71.2 Å². The average molecular weight is 174 g/mol. The molecule has 2 aliphatic rings. The van der Waals surface area contributed by atoms with Gasteiger partial charge in [0.25, 0.3) is 0 Å². The van der Waals surface area contributed by atoms with Crippen LogP contribution in [0.1, 0.15) is 25.7 Å². The van der Waals surface area contributed by atoms with Gasteiger partial charge in [0.15, 0.2) is 0 Å². The molecule has 62 valence electrons. The number of rotatable bonds is 3. The summed E-state index contributed by atoms with van der Waals surface area (Å²) in [5.41, 5.74) is 0. The van der Waals surface area contributed by atoms with Crippen LogP contribution in [0.15, 0.2) is 5.16 Å². The largest absolute Gasteiger partial charge is 0.410 e. The molecule has 2 aliphatic carbocycles. The van der Waals surface area contributed by atoms with E-state index in [1.807, 2.05) is 0 Å². The van der Waals surface area contributed by atoms with Gasteiger partial charge in [-0.05, 0) is 37.5 Å². The Kier molecular flexibility index (Phi) is 1.80. The van der Waals surface area contributed by atoms with Crippen LogP contribution in [-0.2, 0) is 0 Å². The fourth-order valence-corrected chi connectivity index (χ4v) is 2.11. The van der Waals surface area contributed by atoms with Gasteiger partial charge in [0.2, 0.25) is 0 Å². The predicted octanol–water partition coefficient (Wildman–Crippen LogP) is 2.45. The highest BCUT2D eigenvalue weighted by molar-refractivity contribution is 6.65. The molecule has 0 aromatic rings. The van der Waals surface area contributed by atoms with Crippen LogP contribution in [0.5, 0.6) is 0 Å². The Hall–Kier alpha value is -0.240. The lowest BCUT2D eigenvalue weighted by atomic mass is 9.99. The molecular weight excluding hydrogens is 162 g/mol. The summed E-state index contributed by atoms with van der Waals surface area (Å²) >= 11 is 5.80. The van der Waals surface area contributed by atoms with Crippen molar-refractivity contribution in [2.75, 3.05) is 0 Å². The molecule has 2 rings (SSSR count). The number of halogens is 1. The molecule has 2 saturated carbocycles. The van der Waals surface area contributed by atoms with Gasteiger partial charge in [-0.3, -0.25) is 0 Å². The van der Waals surface area contributed by atoms with Crippen LogP contribution in [0.25, 0.3) is 0 Å². The van der Waals surface area contributed by atoms with Crippen LogP contribution >= 0.6 is 11.6 Å². The van der Waals surface area contributed by atoms with Crippen LogP contribution in [0.2, 0.25) is 0 Å². The summed E-state index contributed by atoms with van der Waals surface area (Å²) in [6, 6.07) is 0. The SMILES string of the molecule is O/N=C(\Cl)C(C1CC1)C1CC1. The molecule has 0 aromatic carbocycles. The Balaban J connectivity index is 2.02. The summed E-state index contributed by atoms with van der Waals surface area (Å²) in [5.74, 6) is 1.85. The first kappa shape index (κ1) is 7.41. The van der Waals surface area contributed by atoms with Gasteiger partial charge >= 0.3 is 0 Å². The van der Waals surface area contributed by atoms with Crippen molar-refractivity contribution in [1.29, 1.82) is 0 Å². The monoisotopic (exact) mass is 173 g/mol. The summed E-state index contributed by atoms with van der Waals surface area (Å²) in [7, 11) is 0. The highest BCUT2D eigenvalue weighted by Gasteiger charge is 2.44. The first-order valence-corrected chi connectivity index (χ1v) is 4.58. The summed E-state index contributed by atoms with van der Waals surface area (Å²) in [6.45, 7) is 0. The van der Waals surface area contributed by atoms with Gasteiger partial charge in [0.1, 0.15) is 5.17 Å². The molecule has 0 heterocycles. The van der Waals surface area contributed by atoms with Gasteiger partial charge < -0.3 is 5.21 Å². The highest BCUT2D eigenvalue weighted by atomic mass is 35.5. The average Bonchev–Trinajstić information content (AvgIpc) is 2.81. The maximum atomic E-state index is 8.51. The van der Waals surface area contributed by atoms with Crippen LogP contribution < -0.4 is 0 Å². The minimum absolute atomic E-state index is 0.390. The van der Waals surface area contributed by atoms with Crippen molar-refractivity contribution in [2.24, 2.45) is 22.9 Å². The van der Waals surface area contributed by atoms with E-state index in [2.05, 4.69) is 5.16 Å². The first-order chi connectivity index (χ1) is 5.33. The third-order valence-corrected chi connectivity index (χ3v) is 2.96. The van der Waals surface area contributed by atoms with E-state index in [9.17, 15) is 0 Å². The normalized spacial score (nSPS) is 26.2. The van der Waals surface area contributed by atoms with E-state index in [-0.39, 0.29) is 0 Å². The molecule has 0 radical (unpaired) electrons. The zero-order valence-electron chi connectivity index (χ0n) is 6.33. The van der Waals surface area contributed by atoms with Crippen LogP contribution in [-0.4, -0.2) is 10.4 Å². The van der Waals surface area contributed by atoms with E-state index in [0.29, 0.717) is 11.1 Å². The second-order valence-corrected chi connectivity index (χ2v) is 4.01. The van der Waals surface area contributed by atoms with Crippen LogP contribution in [0.3, 0.4) is 0 Å². The lowest BCUT2D eigenvalue weighted by molar-refractivity contribution is 0.314. The van der Waals surface area contributed by atoms with Gasteiger partial charge in [-0.1, -0.05) is 16.8 Å². The predicted molar refractivity (Wildman–Crippen MR) is 44.0 cm³/mol. The standard InChI is InChI=1S/C8H12ClNO/c9-8(10-11)7(5-1-2-5)6-3-4-6/h5-7,11H,1-4H2/b10-8-. The van der Waals surface area contributed by atoms with E-state index in [1.54, 1.807) is 0 Å². The lowest BCUT2D eigenvalue weighted by Gasteiger charge is -2.10. The summed E-state index contributed by atoms with van der Waals surface area (Å²) in [4.78, 5) is 0. The Morgan fingerprint density at radius 3 is 2.00 bits per heavy atom. The molecule has 11 heavy (non-hydrogen) atoms. The molecule has 0 aliphatic heterocycles. The van der Waals surface area contributed by atoms with Crippen molar-refractivity contribution in [3.05, 3.63) is 0 Å². The smallest absolute Gasteiger partial charge is 0.148 e. The number of oxime groups is 1. The van der Waals surface area contributed by atoms with Crippen LogP contribution in [0, 0.1) is 17.8 Å². The van der Waals surface area contributed by atoms with Crippen molar-refractivity contribution in [2.45, 2.75) is 25.7 Å². The van der Waals surface area contributed by atoms with Gasteiger partial charge in [-0.15, -0.1) is 0 Å². The molecule has 2 fully saturated rings. The van der Waals surface area contributed by atoms with Crippen molar-refractivity contribution in [1.82, 2.24) is 0 Å². The fourth-order valence-electron chi connectivity index (χ4n) is 1.75. The number of nitrogens with zero attached hydrogens (tertiary/aromatic N) is 1. The quantitative estimate of drug-likeness (QED) is 0.397. The second-order valence-electron chi connectivity index (χ2n) is 3.62. The molecule has 1 N–H and O–H groups in total. The second kappa shape index (κ2) is 2.67. The molecule has 0 atom stereocenters. The number of hydrogen-bond acceptors (Lipinski definition) is 2. The van der Waals surface area contributed by atoms with E-state index < -0.39 is 0 Å².